The molecule has 0 aromatic carbocycles. The van der Waals surface area contributed by atoms with E-state index in [4.69, 9.17) is 5.73 Å². The Bertz CT molecular complexity index is 658. The van der Waals surface area contributed by atoms with Crippen molar-refractivity contribution in [2.24, 2.45) is 12.8 Å². The Hall–Kier alpha value is -2.22. The van der Waals surface area contributed by atoms with Crippen molar-refractivity contribution in [2.75, 3.05) is 5.32 Å². The van der Waals surface area contributed by atoms with Crippen LogP contribution in [0.25, 0.3) is 0 Å². The van der Waals surface area contributed by atoms with E-state index in [1.807, 2.05) is 6.92 Å². The van der Waals surface area contributed by atoms with E-state index in [9.17, 15) is 9.59 Å². The number of primary amides is 1. The van der Waals surface area contributed by atoms with E-state index in [0.29, 0.717) is 16.4 Å². The molecule has 7 nitrogen and oxygen atoms in total. The predicted molar refractivity (Wildman–Crippen MR) is 71.3 cm³/mol. The fourth-order valence-corrected chi connectivity index (χ4v) is 2.40. The first kappa shape index (κ1) is 13.2. The Labute approximate surface area is 113 Å². The smallest absolute Gasteiger partial charge is 0.268 e. The second-order valence-corrected chi connectivity index (χ2v) is 4.88. The Morgan fingerprint density at radius 2 is 2.11 bits per heavy atom. The summed E-state index contributed by atoms with van der Waals surface area (Å²) in [4.78, 5) is 27.0. The number of anilines is 1. The van der Waals surface area contributed by atoms with E-state index in [1.165, 1.54) is 5.38 Å². The molecule has 0 aliphatic carbocycles. The van der Waals surface area contributed by atoms with Crippen molar-refractivity contribution in [3.63, 3.8) is 0 Å². The Kier molecular flexibility index (Phi) is 3.34. The Morgan fingerprint density at radius 1 is 1.42 bits per heavy atom. The molecular weight excluding hydrogens is 266 g/mol. The third-order valence-electron chi connectivity index (χ3n) is 2.71. The van der Waals surface area contributed by atoms with Gasteiger partial charge in [-0.15, -0.1) is 11.3 Å². The van der Waals surface area contributed by atoms with Gasteiger partial charge in [0.2, 0.25) is 0 Å². The lowest BCUT2D eigenvalue weighted by molar-refractivity contribution is 0.0992. The normalized spacial score (nSPS) is 10.5. The third kappa shape index (κ3) is 2.48. The summed E-state index contributed by atoms with van der Waals surface area (Å²) in [6.45, 7) is 3.57. The average molecular weight is 279 g/mol. The Balaban J connectivity index is 2.23. The van der Waals surface area contributed by atoms with Gasteiger partial charge >= 0.3 is 0 Å². The number of hydrogen-bond donors (Lipinski definition) is 2. The van der Waals surface area contributed by atoms with Gasteiger partial charge in [-0.3, -0.25) is 19.6 Å². The van der Waals surface area contributed by atoms with Crippen LogP contribution in [0.4, 0.5) is 5.13 Å². The monoisotopic (exact) mass is 279 g/mol. The molecule has 0 aliphatic rings. The lowest BCUT2D eigenvalue weighted by Gasteiger charge is -2.01. The fraction of sp³-hybridized carbons (Fsp3) is 0.273. The first-order valence-electron chi connectivity index (χ1n) is 5.47. The molecule has 2 rings (SSSR count). The predicted octanol–water partition coefficient (Wildman–Crippen LogP) is 0.845. The number of nitrogens with two attached hydrogens (primary N) is 1. The van der Waals surface area contributed by atoms with Gasteiger partial charge in [0.1, 0.15) is 5.69 Å². The maximum absolute atomic E-state index is 12.1. The molecule has 0 aliphatic heterocycles. The summed E-state index contributed by atoms with van der Waals surface area (Å²) in [5.41, 5.74) is 7.16. The van der Waals surface area contributed by atoms with Crippen LogP contribution in [0.5, 0.6) is 0 Å². The molecule has 8 heteroatoms. The van der Waals surface area contributed by atoms with Crippen molar-refractivity contribution < 1.29 is 9.59 Å². The molecule has 3 N–H and O–H groups in total. The van der Waals surface area contributed by atoms with Crippen molar-refractivity contribution in [1.82, 2.24) is 14.8 Å². The summed E-state index contributed by atoms with van der Waals surface area (Å²) >= 11 is 1.15. The van der Waals surface area contributed by atoms with Crippen LogP contribution in [0.2, 0.25) is 0 Å². The van der Waals surface area contributed by atoms with Gasteiger partial charge in [0.05, 0.1) is 11.3 Å². The number of thiazole rings is 1. The molecule has 0 radical (unpaired) electrons. The van der Waals surface area contributed by atoms with Gasteiger partial charge in [0, 0.05) is 18.1 Å². The number of carbonyl (C=O) groups is 2. The van der Waals surface area contributed by atoms with E-state index >= 15 is 0 Å². The molecular formula is C11H13N5O2S. The van der Waals surface area contributed by atoms with Crippen LogP contribution in [0.15, 0.2) is 5.38 Å². The number of carbonyl (C=O) groups excluding carboxylic acids is 2. The minimum Gasteiger partial charge on any atom is -0.364 e. The summed E-state index contributed by atoms with van der Waals surface area (Å²) in [7, 11) is 1.77. The molecule has 100 valence electrons. The highest BCUT2D eigenvalue weighted by Gasteiger charge is 2.18. The molecule has 0 spiro atoms. The fourth-order valence-electron chi connectivity index (χ4n) is 1.71. The molecule has 2 amide bonds. The number of hydrogen-bond acceptors (Lipinski definition) is 5. The van der Waals surface area contributed by atoms with Gasteiger partial charge in [0.25, 0.3) is 11.8 Å². The minimum absolute atomic E-state index is 0.139. The molecule has 2 heterocycles. The zero-order chi connectivity index (χ0) is 14.2. The average Bonchev–Trinajstić information content (AvgIpc) is 2.85. The van der Waals surface area contributed by atoms with E-state index in [2.05, 4.69) is 15.4 Å². The summed E-state index contributed by atoms with van der Waals surface area (Å²) < 4.78 is 1.64. The van der Waals surface area contributed by atoms with Crippen LogP contribution in [0, 0.1) is 13.8 Å². The molecule has 0 bridgehead atoms. The molecule has 2 aromatic rings. The number of aryl methyl sites for hydroxylation is 2. The topological polar surface area (TPSA) is 103 Å². The number of amides is 2. The first-order chi connectivity index (χ1) is 8.90. The molecule has 19 heavy (non-hydrogen) atoms. The van der Waals surface area contributed by atoms with Crippen LogP contribution in [0.1, 0.15) is 32.2 Å². The highest BCUT2D eigenvalue weighted by Crippen LogP contribution is 2.18. The lowest BCUT2D eigenvalue weighted by Crippen LogP contribution is -2.15. The van der Waals surface area contributed by atoms with Crippen molar-refractivity contribution in [3.05, 3.63) is 28.0 Å². The van der Waals surface area contributed by atoms with Crippen LogP contribution >= 0.6 is 11.3 Å². The van der Waals surface area contributed by atoms with Crippen LogP contribution in [-0.2, 0) is 7.05 Å². The highest BCUT2D eigenvalue weighted by atomic mass is 32.1. The van der Waals surface area contributed by atoms with Gasteiger partial charge in [-0.2, -0.15) is 5.10 Å². The quantitative estimate of drug-likeness (QED) is 0.869. The van der Waals surface area contributed by atoms with E-state index in [0.717, 1.165) is 17.0 Å². The SMILES string of the molecule is Cc1nn(C)c(C)c1C(=O)Nc1nc(C(N)=O)cs1. The summed E-state index contributed by atoms with van der Waals surface area (Å²) in [5, 5.41) is 8.64. The van der Waals surface area contributed by atoms with Crippen molar-refractivity contribution in [3.8, 4) is 0 Å². The highest BCUT2D eigenvalue weighted by molar-refractivity contribution is 7.14. The summed E-state index contributed by atoms with van der Waals surface area (Å²) in [6, 6.07) is 0. The molecule has 0 saturated heterocycles. The first-order valence-corrected chi connectivity index (χ1v) is 6.35. The number of nitrogens with one attached hydrogen (secondary N) is 1. The van der Waals surface area contributed by atoms with Crippen LogP contribution < -0.4 is 11.1 Å². The number of nitrogens with zero attached hydrogens (tertiary/aromatic N) is 3. The van der Waals surface area contributed by atoms with Gasteiger partial charge in [0.15, 0.2) is 5.13 Å². The van der Waals surface area contributed by atoms with Crippen molar-refractivity contribution >= 4 is 28.3 Å². The maximum Gasteiger partial charge on any atom is 0.268 e. The summed E-state index contributed by atoms with van der Waals surface area (Å²) in [5.74, 6) is -0.918. The zero-order valence-corrected chi connectivity index (χ0v) is 11.5. The largest absolute Gasteiger partial charge is 0.364 e. The molecule has 2 aromatic heterocycles. The van der Waals surface area contributed by atoms with Gasteiger partial charge in [-0.1, -0.05) is 0 Å². The van der Waals surface area contributed by atoms with E-state index in [-0.39, 0.29) is 11.6 Å². The molecule has 0 atom stereocenters. The second kappa shape index (κ2) is 4.81. The van der Waals surface area contributed by atoms with Gasteiger partial charge < -0.3 is 5.73 Å². The van der Waals surface area contributed by atoms with Crippen molar-refractivity contribution in [1.29, 1.82) is 0 Å². The van der Waals surface area contributed by atoms with E-state index < -0.39 is 5.91 Å². The summed E-state index contributed by atoms with van der Waals surface area (Å²) in [6.07, 6.45) is 0. The van der Waals surface area contributed by atoms with Gasteiger partial charge in [-0.25, -0.2) is 4.98 Å². The van der Waals surface area contributed by atoms with Crippen LogP contribution in [-0.4, -0.2) is 26.6 Å². The third-order valence-corrected chi connectivity index (χ3v) is 3.47. The van der Waals surface area contributed by atoms with Gasteiger partial charge in [-0.05, 0) is 13.8 Å². The zero-order valence-electron chi connectivity index (χ0n) is 10.7. The second-order valence-electron chi connectivity index (χ2n) is 4.03. The Morgan fingerprint density at radius 3 is 2.58 bits per heavy atom. The minimum atomic E-state index is -0.620. The maximum atomic E-state index is 12.1. The van der Waals surface area contributed by atoms with Crippen molar-refractivity contribution in [2.45, 2.75) is 13.8 Å². The lowest BCUT2D eigenvalue weighted by atomic mass is 10.2. The van der Waals surface area contributed by atoms with E-state index in [1.54, 1.807) is 18.7 Å². The molecule has 0 fully saturated rings. The molecule has 0 unspecified atom stereocenters. The number of rotatable bonds is 3. The number of aromatic nitrogens is 3. The van der Waals surface area contributed by atoms with Crippen LogP contribution in [0.3, 0.4) is 0 Å². The molecule has 0 saturated carbocycles. The standard InChI is InChI=1S/C11H13N5O2S/c1-5-8(6(2)16(3)15-5)10(18)14-11-13-7(4-19-11)9(12)17/h4H,1-3H3,(H2,12,17)(H,13,14,18).